The van der Waals surface area contributed by atoms with Gasteiger partial charge in [0.25, 0.3) is 5.24 Å². The molecular formula is C22H25ClO8S2. The van der Waals surface area contributed by atoms with Crippen molar-refractivity contribution in [1.29, 1.82) is 0 Å². The van der Waals surface area contributed by atoms with Gasteiger partial charge in [0.2, 0.25) is 0 Å². The molecule has 33 heavy (non-hydrogen) atoms. The molecule has 0 bridgehead atoms. The number of hydrogen-bond donors (Lipinski definition) is 1. The Morgan fingerprint density at radius 2 is 1.30 bits per heavy atom. The zero-order chi connectivity index (χ0) is 25.2. The summed E-state index contributed by atoms with van der Waals surface area (Å²) in [4.78, 5) is 44.2. The van der Waals surface area contributed by atoms with Gasteiger partial charge in [0.1, 0.15) is 24.7 Å². The van der Waals surface area contributed by atoms with Gasteiger partial charge in [-0.15, -0.1) is 22.7 Å². The Bertz CT molecular complexity index is 905. The maximum absolute atomic E-state index is 11.3. The lowest BCUT2D eigenvalue weighted by atomic mass is 10.4. The van der Waals surface area contributed by atoms with E-state index < -0.39 is 17.9 Å². The van der Waals surface area contributed by atoms with Crippen LogP contribution in [-0.4, -0.2) is 54.7 Å². The van der Waals surface area contributed by atoms with Gasteiger partial charge in [0, 0.05) is 11.1 Å². The van der Waals surface area contributed by atoms with Crippen LogP contribution in [0.25, 0.3) is 0 Å². The topological polar surface area (TPSA) is 116 Å². The van der Waals surface area contributed by atoms with Crippen LogP contribution in [-0.2, 0) is 23.8 Å². The van der Waals surface area contributed by atoms with Gasteiger partial charge in [0.05, 0.1) is 11.5 Å². The fourth-order valence-electron chi connectivity index (χ4n) is 1.51. The van der Waals surface area contributed by atoms with Crippen molar-refractivity contribution in [1.82, 2.24) is 0 Å². The van der Waals surface area contributed by atoms with E-state index in [0.29, 0.717) is 20.9 Å². The lowest BCUT2D eigenvalue weighted by Crippen LogP contribution is -2.13. The Morgan fingerprint density at radius 1 is 0.848 bits per heavy atom. The van der Waals surface area contributed by atoms with Gasteiger partial charge in [-0.25, -0.2) is 14.4 Å². The molecule has 0 atom stereocenters. The molecule has 0 amide bonds. The fourth-order valence-corrected chi connectivity index (χ4v) is 2.88. The van der Waals surface area contributed by atoms with Crippen molar-refractivity contribution in [2.24, 2.45) is 0 Å². The van der Waals surface area contributed by atoms with Crippen molar-refractivity contribution in [2.75, 3.05) is 26.4 Å². The van der Waals surface area contributed by atoms with Crippen LogP contribution in [0, 0.1) is 0 Å². The highest BCUT2D eigenvalue weighted by Crippen LogP contribution is 2.10. The number of aliphatic hydroxyl groups is 1. The van der Waals surface area contributed by atoms with Crippen molar-refractivity contribution in [2.45, 2.75) is 13.8 Å². The Hall–Kier alpha value is -2.79. The summed E-state index contributed by atoms with van der Waals surface area (Å²) in [6.07, 6.45) is 0. The van der Waals surface area contributed by atoms with Gasteiger partial charge in [-0.2, -0.15) is 0 Å². The molecule has 0 aliphatic rings. The quantitative estimate of drug-likeness (QED) is 0.173. The molecule has 0 unspecified atom stereocenters. The van der Waals surface area contributed by atoms with E-state index in [2.05, 4.69) is 17.9 Å². The number of esters is 3. The van der Waals surface area contributed by atoms with Gasteiger partial charge in [-0.05, 0) is 48.3 Å². The summed E-state index contributed by atoms with van der Waals surface area (Å²) in [5.41, 5.74) is 0.674. The molecule has 0 fully saturated rings. The first-order valence-electron chi connectivity index (χ1n) is 9.30. The van der Waals surface area contributed by atoms with Crippen molar-refractivity contribution < 1.29 is 38.5 Å². The summed E-state index contributed by atoms with van der Waals surface area (Å²) in [6.45, 7) is 9.89. The summed E-state index contributed by atoms with van der Waals surface area (Å²) in [5, 5.41) is 11.4. The van der Waals surface area contributed by atoms with E-state index in [1.807, 2.05) is 5.38 Å². The number of hydrogen-bond acceptors (Lipinski definition) is 10. The monoisotopic (exact) mass is 516 g/mol. The molecular weight excluding hydrogens is 492 g/mol. The molecule has 2 rings (SSSR count). The average Bonchev–Trinajstić information content (AvgIpc) is 3.49. The van der Waals surface area contributed by atoms with Crippen LogP contribution in [0.4, 0.5) is 0 Å². The zero-order valence-electron chi connectivity index (χ0n) is 18.2. The number of ether oxygens (including phenoxy) is 3. The Labute approximate surface area is 205 Å². The normalized spacial score (nSPS) is 9.21. The van der Waals surface area contributed by atoms with Gasteiger partial charge in [-0.3, -0.25) is 4.79 Å². The SMILES string of the molecule is C=C(C)C(=O)OCCO.C=C(C)C(=O)OCCOC(=O)c1cccs1.O=C(Cl)c1cccs1. The summed E-state index contributed by atoms with van der Waals surface area (Å²) < 4.78 is 14.1. The molecule has 8 nitrogen and oxygen atoms in total. The summed E-state index contributed by atoms with van der Waals surface area (Å²) in [5.74, 6) is -1.34. The first-order valence-corrected chi connectivity index (χ1v) is 11.4. The van der Waals surface area contributed by atoms with Crippen LogP contribution in [0.2, 0.25) is 0 Å². The van der Waals surface area contributed by atoms with Crippen LogP contribution >= 0.6 is 34.3 Å². The van der Waals surface area contributed by atoms with Crippen molar-refractivity contribution in [3.8, 4) is 0 Å². The number of carbonyl (C=O) groups excluding carboxylic acids is 4. The van der Waals surface area contributed by atoms with E-state index in [1.54, 1.807) is 43.5 Å². The van der Waals surface area contributed by atoms with Gasteiger partial charge >= 0.3 is 17.9 Å². The van der Waals surface area contributed by atoms with Crippen LogP contribution in [0.1, 0.15) is 33.2 Å². The van der Waals surface area contributed by atoms with E-state index in [-0.39, 0.29) is 31.7 Å². The Morgan fingerprint density at radius 3 is 1.67 bits per heavy atom. The average molecular weight is 517 g/mol. The molecule has 0 saturated carbocycles. The van der Waals surface area contributed by atoms with Crippen LogP contribution in [0.5, 0.6) is 0 Å². The largest absolute Gasteiger partial charge is 0.460 e. The highest BCUT2D eigenvalue weighted by molar-refractivity contribution is 7.14. The van der Waals surface area contributed by atoms with E-state index in [9.17, 15) is 19.2 Å². The highest BCUT2D eigenvalue weighted by atomic mass is 35.5. The first-order chi connectivity index (χ1) is 15.6. The molecule has 0 aromatic carbocycles. The van der Waals surface area contributed by atoms with Crippen molar-refractivity contribution >= 4 is 57.4 Å². The molecule has 0 saturated heterocycles. The predicted molar refractivity (Wildman–Crippen MR) is 128 cm³/mol. The minimum Gasteiger partial charge on any atom is -0.460 e. The van der Waals surface area contributed by atoms with Crippen LogP contribution < -0.4 is 0 Å². The van der Waals surface area contributed by atoms with E-state index in [0.717, 1.165) is 0 Å². The first kappa shape index (κ1) is 30.2. The van der Waals surface area contributed by atoms with E-state index in [4.69, 9.17) is 26.2 Å². The molecule has 2 aromatic rings. The second-order valence-electron chi connectivity index (χ2n) is 5.92. The molecule has 0 spiro atoms. The fraction of sp³-hybridized carbons (Fsp3) is 0.273. The van der Waals surface area contributed by atoms with Gasteiger partial charge in [0.15, 0.2) is 0 Å². The third kappa shape index (κ3) is 14.8. The second kappa shape index (κ2) is 17.7. The molecule has 11 heteroatoms. The molecule has 2 aromatic heterocycles. The molecule has 0 radical (unpaired) electrons. The Balaban J connectivity index is 0.000000510. The number of aliphatic hydroxyl groups excluding tert-OH is 1. The summed E-state index contributed by atoms with van der Waals surface area (Å²) >= 11 is 7.77. The maximum atomic E-state index is 11.3. The number of halogens is 1. The van der Waals surface area contributed by atoms with Gasteiger partial charge in [-0.1, -0.05) is 25.3 Å². The molecule has 2 heterocycles. The second-order valence-corrected chi connectivity index (χ2v) is 8.16. The zero-order valence-corrected chi connectivity index (χ0v) is 20.6. The summed E-state index contributed by atoms with van der Waals surface area (Å²) in [7, 11) is 0. The van der Waals surface area contributed by atoms with Gasteiger partial charge < -0.3 is 19.3 Å². The summed E-state index contributed by atoms with van der Waals surface area (Å²) in [6, 6.07) is 6.93. The lowest BCUT2D eigenvalue weighted by Gasteiger charge is -2.04. The standard InChI is InChI=1S/C11H12O4S.C6H10O3.C5H3ClOS/c1-8(2)10(12)14-5-6-15-11(13)9-4-3-7-16-9;1-5(2)6(8)9-4-3-7;6-5(7)4-2-1-3-8-4/h3-4,7H,1,5-6H2,2H3;7H,1,3-4H2,2H3;1-3H. The third-order valence-corrected chi connectivity index (χ3v) is 5.04. The third-order valence-electron chi connectivity index (χ3n) is 3.01. The Kier molecular flexibility index (Phi) is 16.2. The van der Waals surface area contributed by atoms with Crippen LogP contribution in [0.15, 0.2) is 59.3 Å². The molecule has 1 N–H and O–H groups in total. The van der Waals surface area contributed by atoms with E-state index in [1.165, 1.54) is 22.7 Å². The van der Waals surface area contributed by atoms with E-state index >= 15 is 0 Å². The number of carbonyl (C=O) groups is 4. The van der Waals surface area contributed by atoms with Crippen molar-refractivity contribution in [3.63, 3.8) is 0 Å². The van der Waals surface area contributed by atoms with Crippen molar-refractivity contribution in [3.05, 3.63) is 69.1 Å². The molecule has 0 aliphatic heterocycles. The maximum Gasteiger partial charge on any atom is 0.348 e. The van der Waals surface area contributed by atoms with Crippen LogP contribution in [0.3, 0.4) is 0 Å². The molecule has 180 valence electrons. The number of thiophene rings is 2. The minimum absolute atomic E-state index is 0.0445. The number of rotatable bonds is 9. The minimum atomic E-state index is -0.479. The smallest absolute Gasteiger partial charge is 0.348 e. The molecule has 0 aliphatic carbocycles. The highest BCUT2D eigenvalue weighted by Gasteiger charge is 2.08. The lowest BCUT2D eigenvalue weighted by molar-refractivity contribution is -0.140. The predicted octanol–water partition coefficient (Wildman–Crippen LogP) is 4.25.